The standard InChI is InChI=1S/C34H26F3N3O6S2/c35-34(36,37)20-6-2-3-7-21(20)40-31(43)26-18-13-19(27(26)32(40)44)28-25(18)24(29-30(47-28)39-33(45)48-29)17-5-1-4-8-22(17)46-14-23(42)38-15-9-11-16(41)12-10-15/h1-12,18-19,24-28,41H,13-14H2,(H,38,42)(H,39,45)/t18-,19-,24+,25-,26+,27+,28-/m1/s1. The molecule has 3 heterocycles. The number of thiazole rings is 1. The van der Waals surface area contributed by atoms with Gasteiger partial charge in [0.1, 0.15) is 11.5 Å². The first kappa shape index (κ1) is 30.8. The van der Waals surface area contributed by atoms with Gasteiger partial charge in [0.2, 0.25) is 11.8 Å². The molecular formula is C34H26F3N3O6S2. The lowest BCUT2D eigenvalue weighted by Crippen LogP contribution is -2.42. The van der Waals surface area contributed by atoms with Gasteiger partial charge in [-0.3, -0.25) is 19.2 Å². The number of rotatable bonds is 6. The fraction of sp³-hybridized carbons (Fsp3) is 0.294. The lowest BCUT2D eigenvalue weighted by molar-refractivity contribution is -0.137. The van der Waals surface area contributed by atoms with E-state index < -0.39 is 52.9 Å². The number of para-hydroxylation sites is 2. The van der Waals surface area contributed by atoms with E-state index in [1.54, 1.807) is 24.3 Å². The van der Waals surface area contributed by atoms with E-state index in [4.69, 9.17) is 4.74 Å². The number of nitrogens with one attached hydrogen (secondary N) is 2. The molecule has 7 atom stereocenters. The number of anilines is 2. The van der Waals surface area contributed by atoms with Gasteiger partial charge in [0.15, 0.2) is 6.61 Å². The Morgan fingerprint density at radius 3 is 2.40 bits per heavy atom. The quantitative estimate of drug-likeness (QED) is 0.171. The number of hydrogen-bond donors (Lipinski definition) is 3. The molecule has 2 aliphatic carbocycles. The van der Waals surface area contributed by atoms with Crippen molar-refractivity contribution in [1.29, 1.82) is 0 Å². The molecule has 3 aromatic carbocycles. The highest BCUT2D eigenvalue weighted by molar-refractivity contribution is 8.00. The molecule has 8 rings (SSSR count). The van der Waals surface area contributed by atoms with Gasteiger partial charge < -0.3 is 20.1 Å². The summed E-state index contributed by atoms with van der Waals surface area (Å²) in [5.41, 5.74) is -0.303. The number of fused-ring (bicyclic) bond motifs is 9. The number of alkyl halides is 3. The van der Waals surface area contributed by atoms with Gasteiger partial charge in [0.05, 0.1) is 28.1 Å². The molecule has 3 amide bonds. The summed E-state index contributed by atoms with van der Waals surface area (Å²) in [6.07, 6.45) is -4.20. The number of aromatic hydroxyl groups is 1. The normalized spacial score (nSPS) is 27.1. The third-order valence-electron chi connectivity index (χ3n) is 9.94. The van der Waals surface area contributed by atoms with Gasteiger partial charge >= 0.3 is 11.0 Å². The SMILES string of the molecule is O=C(COc1ccccc1[C@@H]1c2sc(=O)[nH]c2S[C@@H]2[C@@H]3C[C@@H]([C@@H]4C(=O)N(c5ccccc5C(F)(F)F)C(=O)[C@@H]34)[C@H]12)Nc1ccc(O)cc1. The van der Waals surface area contributed by atoms with E-state index in [1.807, 2.05) is 12.1 Å². The number of halogens is 3. The van der Waals surface area contributed by atoms with E-state index in [0.29, 0.717) is 28.4 Å². The van der Waals surface area contributed by atoms with Crippen molar-refractivity contribution in [2.45, 2.75) is 28.8 Å². The topological polar surface area (TPSA) is 129 Å². The number of imide groups is 1. The first-order valence-corrected chi connectivity index (χ1v) is 16.9. The number of nitrogens with zero attached hydrogens (tertiary/aromatic N) is 1. The average Bonchev–Trinajstić information content (AvgIpc) is 3.79. The maximum absolute atomic E-state index is 14.0. The number of phenolic OH excluding ortho intramolecular Hbond substituents is 1. The van der Waals surface area contributed by atoms with E-state index in [-0.39, 0.29) is 40.2 Å². The summed E-state index contributed by atoms with van der Waals surface area (Å²) in [5, 5.41) is 12.7. The Kier molecular flexibility index (Phi) is 7.22. The van der Waals surface area contributed by atoms with Crippen LogP contribution in [0.5, 0.6) is 11.5 Å². The zero-order chi connectivity index (χ0) is 33.5. The van der Waals surface area contributed by atoms with Crippen molar-refractivity contribution in [3.05, 3.63) is 98.5 Å². The van der Waals surface area contributed by atoms with Crippen LogP contribution in [0.3, 0.4) is 0 Å². The van der Waals surface area contributed by atoms with Crippen molar-refractivity contribution in [3.63, 3.8) is 0 Å². The molecule has 3 N–H and O–H groups in total. The van der Waals surface area contributed by atoms with Crippen LogP contribution in [-0.4, -0.2) is 39.7 Å². The van der Waals surface area contributed by atoms with Crippen LogP contribution < -0.4 is 19.8 Å². The maximum Gasteiger partial charge on any atom is 0.418 e. The molecule has 0 spiro atoms. The summed E-state index contributed by atoms with van der Waals surface area (Å²) in [5.74, 6) is -4.05. The monoisotopic (exact) mass is 693 g/mol. The van der Waals surface area contributed by atoms with Gasteiger partial charge in [0.25, 0.3) is 5.91 Å². The second-order valence-corrected chi connectivity index (χ2v) is 14.6. The fourth-order valence-corrected chi connectivity index (χ4v) is 11.1. The Bertz CT molecular complexity index is 2030. The molecule has 1 aromatic heterocycles. The number of thioether (sulfide) groups is 1. The van der Waals surface area contributed by atoms with Crippen LogP contribution in [0.2, 0.25) is 0 Å². The van der Waals surface area contributed by atoms with Crippen LogP contribution >= 0.6 is 23.1 Å². The summed E-state index contributed by atoms with van der Waals surface area (Å²) in [6, 6.07) is 17.8. The van der Waals surface area contributed by atoms with Crippen molar-refractivity contribution in [2.24, 2.45) is 29.6 Å². The van der Waals surface area contributed by atoms with Crippen LogP contribution in [0.25, 0.3) is 0 Å². The lowest BCUT2D eigenvalue weighted by Gasteiger charge is -2.43. The van der Waals surface area contributed by atoms with E-state index in [2.05, 4.69) is 10.3 Å². The Morgan fingerprint density at radius 1 is 0.958 bits per heavy atom. The zero-order valence-electron chi connectivity index (χ0n) is 24.8. The Labute approximate surface area is 279 Å². The van der Waals surface area contributed by atoms with Gasteiger partial charge in [-0.2, -0.15) is 13.2 Å². The number of ether oxygens (including phenoxy) is 1. The Morgan fingerprint density at radius 2 is 1.65 bits per heavy atom. The molecule has 4 aromatic rings. The van der Waals surface area contributed by atoms with E-state index in [0.717, 1.165) is 27.2 Å². The third-order valence-corrected chi connectivity index (χ3v) is 12.5. The van der Waals surface area contributed by atoms with Crippen molar-refractivity contribution < 1.29 is 37.4 Å². The minimum atomic E-state index is -4.76. The summed E-state index contributed by atoms with van der Waals surface area (Å²) < 4.78 is 48.0. The number of aromatic nitrogens is 1. The summed E-state index contributed by atoms with van der Waals surface area (Å²) in [4.78, 5) is 57.6. The maximum atomic E-state index is 14.0. The molecule has 1 saturated heterocycles. The van der Waals surface area contributed by atoms with Gasteiger partial charge in [-0.1, -0.05) is 41.7 Å². The van der Waals surface area contributed by atoms with Crippen LogP contribution in [-0.2, 0) is 20.6 Å². The molecule has 9 nitrogen and oxygen atoms in total. The minimum Gasteiger partial charge on any atom is -0.508 e. The summed E-state index contributed by atoms with van der Waals surface area (Å²) >= 11 is 2.52. The van der Waals surface area contributed by atoms with Gasteiger partial charge in [-0.25, -0.2) is 4.90 Å². The summed E-state index contributed by atoms with van der Waals surface area (Å²) in [6.45, 7) is -0.332. The summed E-state index contributed by atoms with van der Waals surface area (Å²) in [7, 11) is 0. The number of phenols is 1. The Hall–Kier alpha value is -4.56. The van der Waals surface area contributed by atoms with Crippen LogP contribution in [0.15, 0.2) is 82.6 Å². The number of carbonyl (C=O) groups is 3. The first-order chi connectivity index (χ1) is 23.0. The smallest absolute Gasteiger partial charge is 0.418 e. The van der Waals surface area contributed by atoms with Crippen LogP contribution in [0, 0.1) is 29.6 Å². The molecule has 14 heteroatoms. The molecule has 246 valence electrons. The molecule has 4 aliphatic rings. The highest BCUT2D eigenvalue weighted by Crippen LogP contribution is 2.69. The zero-order valence-corrected chi connectivity index (χ0v) is 26.4. The van der Waals surface area contributed by atoms with Gasteiger partial charge in [-0.05, 0) is 66.6 Å². The fourth-order valence-electron chi connectivity index (χ4n) is 8.26. The Balaban J connectivity index is 1.13. The van der Waals surface area contributed by atoms with Crippen molar-refractivity contribution in [3.8, 4) is 11.5 Å². The van der Waals surface area contributed by atoms with Gasteiger partial charge in [0, 0.05) is 27.3 Å². The average molecular weight is 694 g/mol. The number of aromatic amines is 1. The van der Waals surface area contributed by atoms with Crippen molar-refractivity contribution in [2.75, 3.05) is 16.8 Å². The molecular weight excluding hydrogens is 668 g/mol. The van der Waals surface area contributed by atoms with E-state index in [1.165, 1.54) is 42.1 Å². The van der Waals surface area contributed by atoms with E-state index >= 15 is 0 Å². The molecule has 2 saturated carbocycles. The number of H-pyrrole nitrogens is 1. The molecule has 0 unspecified atom stereocenters. The van der Waals surface area contributed by atoms with Crippen molar-refractivity contribution in [1.82, 2.24) is 4.98 Å². The molecule has 48 heavy (non-hydrogen) atoms. The van der Waals surface area contributed by atoms with Crippen LogP contribution in [0.1, 0.15) is 28.3 Å². The van der Waals surface area contributed by atoms with Crippen LogP contribution in [0.4, 0.5) is 24.5 Å². The van der Waals surface area contributed by atoms with E-state index in [9.17, 15) is 37.5 Å². The first-order valence-electron chi connectivity index (χ1n) is 15.3. The number of hydrogen-bond acceptors (Lipinski definition) is 8. The number of benzene rings is 3. The van der Waals surface area contributed by atoms with Gasteiger partial charge in [-0.15, -0.1) is 11.8 Å². The third kappa shape index (κ3) is 4.83. The second-order valence-electron chi connectivity index (χ2n) is 12.4. The molecule has 3 fully saturated rings. The molecule has 0 radical (unpaired) electrons. The predicted molar refractivity (Wildman–Crippen MR) is 171 cm³/mol. The molecule has 2 aliphatic heterocycles. The molecule has 2 bridgehead atoms. The number of amides is 3. The minimum absolute atomic E-state index is 0.0583. The number of carbonyl (C=O) groups excluding carboxylic acids is 3. The van der Waals surface area contributed by atoms with Crippen molar-refractivity contribution >= 4 is 52.2 Å². The second kappa shape index (κ2) is 11.3. The largest absolute Gasteiger partial charge is 0.508 e. The highest BCUT2D eigenvalue weighted by Gasteiger charge is 2.70. The highest BCUT2D eigenvalue weighted by atomic mass is 32.2. The lowest BCUT2D eigenvalue weighted by atomic mass is 9.68. The predicted octanol–water partition coefficient (Wildman–Crippen LogP) is 5.86.